The molecule has 70 valence electrons. The van der Waals surface area contributed by atoms with Gasteiger partial charge in [-0.3, -0.25) is 0 Å². The Morgan fingerprint density at radius 1 is 0.917 bits per heavy atom. The Labute approximate surface area is 79.1 Å². The van der Waals surface area contributed by atoms with E-state index in [1.54, 1.807) is 0 Å². The summed E-state index contributed by atoms with van der Waals surface area (Å²) in [5.74, 6) is 1.14. The number of fused-ring (bicyclic) bond motifs is 1. The van der Waals surface area contributed by atoms with Crippen LogP contribution in [0.4, 0.5) is 0 Å². The zero-order chi connectivity index (χ0) is 8.55. The van der Waals surface area contributed by atoms with Crippen molar-refractivity contribution in [2.24, 2.45) is 11.8 Å². The van der Waals surface area contributed by atoms with Gasteiger partial charge in [-0.2, -0.15) is 0 Å². The van der Waals surface area contributed by atoms with Crippen molar-refractivity contribution in [3.63, 3.8) is 0 Å². The Balaban J connectivity index is 2.05. The predicted molar refractivity (Wildman–Crippen MR) is 50.3 cm³/mol. The first-order valence-electron chi connectivity index (χ1n) is 5.11. The Bertz CT molecular complexity index is 142. The third kappa shape index (κ3) is 1.49. The average Bonchev–Trinajstić information content (AvgIpc) is 2.12. The second-order valence-electron chi connectivity index (χ2n) is 4.27. The summed E-state index contributed by atoms with van der Waals surface area (Å²) in [6.07, 6.45) is 6.95. The van der Waals surface area contributed by atoms with Gasteiger partial charge in [0.05, 0.1) is 6.10 Å². The summed E-state index contributed by atoms with van der Waals surface area (Å²) in [4.78, 5) is 0. The second kappa shape index (κ2) is 3.55. The van der Waals surface area contributed by atoms with Crippen molar-refractivity contribution in [1.82, 2.24) is 0 Å². The van der Waals surface area contributed by atoms with Crippen LogP contribution < -0.4 is 0 Å². The van der Waals surface area contributed by atoms with Crippen molar-refractivity contribution in [1.29, 1.82) is 0 Å². The van der Waals surface area contributed by atoms with Crippen LogP contribution in [0.25, 0.3) is 0 Å². The Morgan fingerprint density at radius 2 is 1.58 bits per heavy atom. The first kappa shape index (κ1) is 8.83. The molecule has 0 aromatic carbocycles. The van der Waals surface area contributed by atoms with E-state index in [2.05, 4.69) is 0 Å². The molecule has 0 spiro atoms. The second-order valence-corrected chi connectivity index (χ2v) is 4.83. The van der Waals surface area contributed by atoms with Crippen LogP contribution in [-0.4, -0.2) is 16.6 Å². The molecule has 0 radical (unpaired) electrons. The average molecular weight is 189 g/mol. The summed E-state index contributed by atoms with van der Waals surface area (Å²) in [6.45, 7) is 0. The van der Waals surface area contributed by atoms with Crippen LogP contribution in [-0.2, 0) is 0 Å². The van der Waals surface area contributed by atoms with Crippen LogP contribution in [0.5, 0.6) is 0 Å². The van der Waals surface area contributed by atoms with Gasteiger partial charge in [-0.25, -0.2) is 0 Å². The summed E-state index contributed by atoms with van der Waals surface area (Å²) in [7, 11) is 0. The predicted octanol–water partition coefficient (Wildman–Crippen LogP) is 2.55. The highest BCUT2D eigenvalue weighted by Crippen LogP contribution is 2.42. The minimum atomic E-state index is -0.0506. The van der Waals surface area contributed by atoms with Gasteiger partial charge in [0.1, 0.15) is 0 Å². The SMILES string of the molecule is O[C@@H]1CC[C@@H](Cl)[C@H]2CCCC[C@@H]21. The van der Waals surface area contributed by atoms with E-state index in [4.69, 9.17) is 11.6 Å². The van der Waals surface area contributed by atoms with E-state index in [1.165, 1.54) is 25.7 Å². The van der Waals surface area contributed by atoms with Gasteiger partial charge in [-0.1, -0.05) is 12.8 Å². The first-order chi connectivity index (χ1) is 5.79. The van der Waals surface area contributed by atoms with E-state index < -0.39 is 0 Å². The van der Waals surface area contributed by atoms with Gasteiger partial charge in [0.25, 0.3) is 0 Å². The van der Waals surface area contributed by atoms with Gasteiger partial charge in [0.2, 0.25) is 0 Å². The minimum absolute atomic E-state index is 0.0506. The molecule has 0 aliphatic heterocycles. The van der Waals surface area contributed by atoms with Crippen molar-refractivity contribution in [2.45, 2.75) is 50.0 Å². The minimum Gasteiger partial charge on any atom is -0.393 e. The van der Waals surface area contributed by atoms with Gasteiger partial charge in [0.15, 0.2) is 0 Å². The molecule has 2 saturated carbocycles. The van der Waals surface area contributed by atoms with Crippen molar-refractivity contribution in [2.75, 3.05) is 0 Å². The highest BCUT2D eigenvalue weighted by atomic mass is 35.5. The smallest absolute Gasteiger partial charge is 0.0572 e. The third-order valence-electron chi connectivity index (χ3n) is 3.57. The number of hydrogen-bond acceptors (Lipinski definition) is 1. The van der Waals surface area contributed by atoms with Crippen molar-refractivity contribution < 1.29 is 5.11 Å². The lowest BCUT2D eigenvalue weighted by atomic mass is 9.69. The molecule has 2 heteroatoms. The molecule has 0 aromatic heterocycles. The van der Waals surface area contributed by atoms with Crippen LogP contribution >= 0.6 is 11.6 Å². The van der Waals surface area contributed by atoms with Crippen molar-refractivity contribution in [3.05, 3.63) is 0 Å². The molecule has 2 aliphatic rings. The molecule has 2 rings (SSSR count). The molecule has 0 aromatic rings. The van der Waals surface area contributed by atoms with Crippen LogP contribution in [0, 0.1) is 11.8 Å². The molecule has 0 heterocycles. The molecule has 4 atom stereocenters. The lowest BCUT2D eigenvalue weighted by molar-refractivity contribution is 0.0127. The van der Waals surface area contributed by atoms with E-state index in [1.807, 2.05) is 0 Å². The van der Waals surface area contributed by atoms with Gasteiger partial charge >= 0.3 is 0 Å². The normalized spacial score (nSPS) is 48.5. The summed E-state index contributed by atoms with van der Waals surface area (Å²) in [5, 5.41) is 10.1. The van der Waals surface area contributed by atoms with E-state index in [9.17, 15) is 5.11 Å². The summed E-state index contributed by atoms with van der Waals surface area (Å²) < 4.78 is 0. The fourth-order valence-corrected chi connectivity index (χ4v) is 3.31. The molecule has 2 aliphatic carbocycles. The lowest BCUT2D eigenvalue weighted by Crippen LogP contribution is -2.40. The topological polar surface area (TPSA) is 20.2 Å². The third-order valence-corrected chi connectivity index (χ3v) is 4.11. The lowest BCUT2D eigenvalue weighted by Gasteiger charge is -2.41. The zero-order valence-corrected chi connectivity index (χ0v) is 8.13. The number of aliphatic hydroxyl groups excluding tert-OH is 1. The van der Waals surface area contributed by atoms with Crippen molar-refractivity contribution >= 4 is 11.6 Å². The first-order valence-corrected chi connectivity index (χ1v) is 5.55. The van der Waals surface area contributed by atoms with E-state index in [0.29, 0.717) is 17.2 Å². The fourth-order valence-electron chi connectivity index (χ4n) is 2.87. The maximum Gasteiger partial charge on any atom is 0.0572 e. The highest BCUT2D eigenvalue weighted by Gasteiger charge is 2.38. The van der Waals surface area contributed by atoms with Crippen LogP contribution in [0.1, 0.15) is 38.5 Å². The number of alkyl halides is 1. The van der Waals surface area contributed by atoms with E-state index >= 15 is 0 Å². The van der Waals surface area contributed by atoms with Gasteiger partial charge in [-0.15, -0.1) is 11.6 Å². The highest BCUT2D eigenvalue weighted by molar-refractivity contribution is 6.20. The van der Waals surface area contributed by atoms with Crippen LogP contribution in [0.15, 0.2) is 0 Å². The standard InChI is InChI=1S/C10H17ClO/c11-9-5-6-10(12)8-4-2-1-3-7(8)9/h7-10,12H,1-6H2/t7-,8-,9+,10+/m0/s1. The molecular formula is C10H17ClO. The Hall–Kier alpha value is 0.250. The number of halogens is 1. The van der Waals surface area contributed by atoms with Gasteiger partial charge in [0, 0.05) is 5.38 Å². The number of hydrogen-bond donors (Lipinski definition) is 1. The largest absolute Gasteiger partial charge is 0.393 e. The van der Waals surface area contributed by atoms with E-state index in [0.717, 1.165) is 12.8 Å². The molecule has 0 saturated heterocycles. The molecule has 0 bridgehead atoms. The number of aliphatic hydroxyl groups is 1. The summed E-state index contributed by atoms with van der Waals surface area (Å²) in [5.41, 5.74) is 0. The molecule has 12 heavy (non-hydrogen) atoms. The quantitative estimate of drug-likeness (QED) is 0.580. The molecular weight excluding hydrogens is 172 g/mol. The summed E-state index contributed by atoms with van der Waals surface area (Å²) >= 11 is 6.24. The Kier molecular flexibility index (Phi) is 2.61. The van der Waals surface area contributed by atoms with Gasteiger partial charge in [-0.05, 0) is 37.5 Å². The van der Waals surface area contributed by atoms with Crippen LogP contribution in [0.3, 0.4) is 0 Å². The molecule has 1 nitrogen and oxygen atoms in total. The van der Waals surface area contributed by atoms with Gasteiger partial charge < -0.3 is 5.11 Å². The number of rotatable bonds is 0. The molecule has 2 fully saturated rings. The van der Waals surface area contributed by atoms with Crippen LogP contribution in [0.2, 0.25) is 0 Å². The Morgan fingerprint density at radius 3 is 2.25 bits per heavy atom. The fraction of sp³-hybridized carbons (Fsp3) is 1.00. The van der Waals surface area contributed by atoms with E-state index in [-0.39, 0.29) is 6.10 Å². The maximum absolute atomic E-state index is 9.76. The maximum atomic E-state index is 9.76. The summed E-state index contributed by atoms with van der Waals surface area (Å²) in [6, 6.07) is 0. The molecule has 1 N–H and O–H groups in total. The monoisotopic (exact) mass is 188 g/mol. The molecule has 0 amide bonds. The zero-order valence-electron chi connectivity index (χ0n) is 7.38. The van der Waals surface area contributed by atoms with Crippen molar-refractivity contribution in [3.8, 4) is 0 Å². The molecule has 0 unspecified atom stereocenters.